The van der Waals surface area contributed by atoms with Crippen LogP contribution in [0.5, 0.6) is 11.6 Å². The predicted octanol–water partition coefficient (Wildman–Crippen LogP) is 7.41. The molecule has 4 saturated heterocycles. The van der Waals surface area contributed by atoms with Crippen molar-refractivity contribution < 1.29 is 32.3 Å². The highest BCUT2D eigenvalue weighted by Crippen LogP contribution is 2.55. The van der Waals surface area contributed by atoms with E-state index in [0.717, 1.165) is 75.8 Å². The summed E-state index contributed by atoms with van der Waals surface area (Å²) in [4.78, 5) is 46.2. The maximum atomic E-state index is 14.8. The van der Waals surface area contributed by atoms with Crippen LogP contribution in [0.4, 0.5) is 28.4 Å². The zero-order valence-electron chi connectivity index (χ0n) is 41.9. The molecule has 7 aliphatic rings. The Labute approximate surface area is 426 Å². The third kappa shape index (κ3) is 9.04. The molecular weight excluding hydrogens is 949 g/mol. The fourth-order valence-electron chi connectivity index (χ4n) is 13.0. The minimum absolute atomic E-state index is 0.0362. The second-order valence-electron chi connectivity index (χ2n) is 21.9. The standard InChI is InChI=1S/C54H66N10O8S/c1-34(2)40-7-4-5-8-41(40)43-9-6-17-62(43)38-29-54(30-38)14-18-61(19-15-54)37-10-11-42(45(26-37)63-44-13-24-70-33-49(44)72-53-47(63)25-35-12-16-55-51(35)57-53)52(65)58-73(68,69)39-27-46(64(66)67)50-48(28-39)71-32-36(56-50)31-60-22-20-59(3)21-23-60/h4-5,7-8,10-12,16,25-28,34,36,38,43-44,49,56H,6,9,13-15,17-24,29-33H2,1-3H3,(H,55,57)(H,58,65)/t36-,43+,44+,49+/m1/s1. The number of anilines is 4. The summed E-state index contributed by atoms with van der Waals surface area (Å²) in [5, 5.41) is 16.7. The molecule has 0 bridgehead atoms. The van der Waals surface area contributed by atoms with Crippen LogP contribution in [0.25, 0.3) is 11.0 Å². The smallest absolute Gasteiger partial charge is 0.297 e. The van der Waals surface area contributed by atoms with Gasteiger partial charge in [-0.3, -0.25) is 24.7 Å². The minimum Gasteiger partial charge on any atom is -0.489 e. The lowest BCUT2D eigenvalue weighted by Crippen LogP contribution is -2.55. The van der Waals surface area contributed by atoms with Gasteiger partial charge in [0.15, 0.2) is 11.4 Å². The molecule has 8 heterocycles. The minimum atomic E-state index is -4.69. The lowest BCUT2D eigenvalue weighted by Gasteiger charge is -2.56. The normalized spacial score (nSPS) is 24.5. The van der Waals surface area contributed by atoms with Gasteiger partial charge in [0, 0.05) is 93.9 Å². The number of piperazine rings is 1. The van der Waals surface area contributed by atoms with Gasteiger partial charge in [-0.15, -0.1) is 0 Å². The molecule has 12 rings (SSSR count). The predicted molar refractivity (Wildman–Crippen MR) is 279 cm³/mol. The lowest BCUT2D eigenvalue weighted by atomic mass is 9.59. The van der Waals surface area contributed by atoms with Crippen LogP contribution in [0.1, 0.15) is 92.2 Å². The molecule has 3 aromatic carbocycles. The van der Waals surface area contributed by atoms with E-state index in [1.807, 2.05) is 30.5 Å². The maximum Gasteiger partial charge on any atom is 0.297 e. The molecule has 5 fully saturated rings. The van der Waals surface area contributed by atoms with Crippen LogP contribution in [0.3, 0.4) is 0 Å². The largest absolute Gasteiger partial charge is 0.489 e. The van der Waals surface area contributed by atoms with Crippen molar-refractivity contribution in [2.75, 3.05) is 94.3 Å². The molecule has 1 spiro atoms. The fourth-order valence-corrected chi connectivity index (χ4v) is 14.0. The number of nitro benzene ring substituents is 1. The van der Waals surface area contributed by atoms with Gasteiger partial charge in [-0.2, -0.15) is 4.98 Å². The number of fused-ring (bicyclic) bond motifs is 4. The van der Waals surface area contributed by atoms with Crippen LogP contribution < -0.4 is 29.3 Å². The Bertz CT molecular complexity index is 3030. The molecule has 73 heavy (non-hydrogen) atoms. The molecule has 0 unspecified atom stereocenters. The van der Waals surface area contributed by atoms with Gasteiger partial charge in [-0.25, -0.2) is 13.1 Å². The van der Waals surface area contributed by atoms with Crippen molar-refractivity contribution >= 4 is 55.4 Å². The van der Waals surface area contributed by atoms with Gasteiger partial charge < -0.3 is 39.2 Å². The van der Waals surface area contributed by atoms with Crippen molar-refractivity contribution in [3.05, 3.63) is 99.7 Å². The number of carbonyl (C=O) groups is 1. The zero-order chi connectivity index (χ0) is 50.2. The number of carbonyl (C=O) groups excluding carboxylic acids is 1. The summed E-state index contributed by atoms with van der Waals surface area (Å²) in [5.41, 5.74) is 5.76. The Kier molecular flexibility index (Phi) is 12.5. The number of nitrogens with one attached hydrogen (secondary N) is 3. The Hall–Kier alpha value is -5.99. The number of hydrogen-bond donors (Lipinski definition) is 3. The molecule has 1 amide bonds. The number of H-pyrrole nitrogens is 1. The number of sulfonamides is 1. The molecule has 2 aromatic heterocycles. The summed E-state index contributed by atoms with van der Waals surface area (Å²) >= 11 is 0. The molecule has 6 aliphatic heterocycles. The molecular formula is C54H66N10O8S. The number of amides is 1. The number of aromatic nitrogens is 2. The van der Waals surface area contributed by atoms with Crippen molar-refractivity contribution in [2.24, 2.45) is 5.41 Å². The van der Waals surface area contributed by atoms with E-state index in [-0.39, 0.29) is 41.1 Å². The molecule has 5 aromatic rings. The second kappa shape index (κ2) is 19.1. The SMILES string of the molecule is CC(C)c1ccccc1[C@@H]1CCCN1C1CC2(CCN(c3ccc(C(=O)NS(=O)(=O)c4cc5c(c([N+](=O)[O-])c4)N[C@H](CN4CCN(C)CC4)CO5)c(N4c5cc6cc[nH]c6nc5O[C@H]5COCC[C@@H]54)c3)CC2)C1. The Morgan fingerprint density at radius 2 is 1.77 bits per heavy atom. The number of piperidine rings is 1. The van der Waals surface area contributed by atoms with E-state index in [0.29, 0.717) is 67.1 Å². The maximum absolute atomic E-state index is 14.8. The van der Waals surface area contributed by atoms with Crippen LogP contribution in [0, 0.1) is 15.5 Å². The fraction of sp³-hybridized carbons (Fsp3) is 0.519. The van der Waals surface area contributed by atoms with E-state index in [1.165, 1.54) is 42.9 Å². The highest BCUT2D eigenvalue weighted by Gasteiger charge is 2.50. The van der Waals surface area contributed by atoms with Gasteiger partial charge in [0.2, 0.25) is 5.88 Å². The van der Waals surface area contributed by atoms with E-state index in [2.05, 4.69) is 84.7 Å². The van der Waals surface area contributed by atoms with Crippen LogP contribution in [-0.4, -0.2) is 147 Å². The average Bonchev–Trinajstić information content (AvgIpc) is 4.07. The first-order valence-electron chi connectivity index (χ1n) is 26.2. The number of pyridine rings is 1. The number of nitrogens with zero attached hydrogens (tertiary/aromatic N) is 7. The van der Waals surface area contributed by atoms with E-state index < -0.39 is 37.5 Å². The van der Waals surface area contributed by atoms with Crippen molar-refractivity contribution in [1.82, 2.24) is 29.4 Å². The topological polar surface area (TPSA) is 191 Å². The second-order valence-corrected chi connectivity index (χ2v) is 23.6. The number of rotatable bonds is 11. The number of benzene rings is 3. The summed E-state index contributed by atoms with van der Waals surface area (Å²) < 4.78 is 49.6. The zero-order valence-corrected chi connectivity index (χ0v) is 42.7. The molecule has 386 valence electrons. The molecule has 0 radical (unpaired) electrons. The summed E-state index contributed by atoms with van der Waals surface area (Å²) in [7, 11) is -2.61. The Morgan fingerprint density at radius 1 is 0.959 bits per heavy atom. The van der Waals surface area contributed by atoms with Gasteiger partial charge in [0.05, 0.1) is 39.8 Å². The Balaban J connectivity index is 0.825. The molecule has 1 saturated carbocycles. The monoisotopic (exact) mass is 1010 g/mol. The van der Waals surface area contributed by atoms with Crippen LogP contribution in [0.2, 0.25) is 0 Å². The third-order valence-corrected chi connectivity index (χ3v) is 18.3. The molecule has 1 aliphatic carbocycles. The number of aromatic amines is 1. The van der Waals surface area contributed by atoms with E-state index in [9.17, 15) is 23.3 Å². The van der Waals surface area contributed by atoms with Crippen molar-refractivity contribution in [1.29, 1.82) is 0 Å². The van der Waals surface area contributed by atoms with Crippen molar-refractivity contribution in [3.63, 3.8) is 0 Å². The number of nitro groups is 1. The van der Waals surface area contributed by atoms with E-state index >= 15 is 0 Å². The summed E-state index contributed by atoms with van der Waals surface area (Å²) in [6, 6.07) is 21.4. The molecule has 18 nitrogen and oxygen atoms in total. The first-order chi connectivity index (χ1) is 35.3. The highest BCUT2D eigenvalue weighted by molar-refractivity contribution is 7.90. The van der Waals surface area contributed by atoms with Crippen molar-refractivity contribution in [3.8, 4) is 11.6 Å². The molecule has 4 atom stereocenters. The first-order valence-corrected chi connectivity index (χ1v) is 27.7. The highest BCUT2D eigenvalue weighted by atomic mass is 32.2. The number of likely N-dealkylation sites (tertiary alicyclic amines) is 1. The first kappa shape index (κ1) is 48.0. The van der Waals surface area contributed by atoms with Crippen LogP contribution in [-0.2, 0) is 14.8 Å². The van der Waals surface area contributed by atoms with Crippen molar-refractivity contribution in [2.45, 2.75) is 99.9 Å². The summed E-state index contributed by atoms with van der Waals surface area (Å²) in [6.07, 6.45) is 8.92. The van der Waals surface area contributed by atoms with Gasteiger partial charge >= 0.3 is 0 Å². The van der Waals surface area contributed by atoms with Gasteiger partial charge in [0.25, 0.3) is 21.6 Å². The quantitative estimate of drug-likeness (QED) is 0.0875. The lowest BCUT2D eigenvalue weighted by molar-refractivity contribution is -0.384. The van der Waals surface area contributed by atoms with Crippen LogP contribution in [0.15, 0.2) is 77.8 Å². The Morgan fingerprint density at radius 3 is 2.56 bits per heavy atom. The van der Waals surface area contributed by atoms with Gasteiger partial charge in [-0.1, -0.05) is 38.1 Å². The number of ether oxygens (including phenoxy) is 3. The number of hydrogen-bond acceptors (Lipinski definition) is 15. The van der Waals surface area contributed by atoms with Gasteiger partial charge in [-0.05, 0) is 111 Å². The molecule has 3 N–H and O–H groups in total. The molecule has 19 heteroatoms. The van der Waals surface area contributed by atoms with Gasteiger partial charge in [0.1, 0.15) is 24.0 Å². The van der Waals surface area contributed by atoms with E-state index in [1.54, 1.807) is 6.07 Å². The average molecular weight is 1020 g/mol. The van der Waals surface area contributed by atoms with Crippen LogP contribution >= 0.6 is 0 Å². The van der Waals surface area contributed by atoms with E-state index in [4.69, 9.17) is 19.2 Å². The summed E-state index contributed by atoms with van der Waals surface area (Å²) in [6.45, 7) is 12.6. The third-order valence-electron chi connectivity index (χ3n) is 17.0. The summed E-state index contributed by atoms with van der Waals surface area (Å²) in [5.74, 6) is 0.0180. The number of likely N-dealkylation sites (N-methyl/N-ethyl adjacent to an activating group) is 1.